The van der Waals surface area contributed by atoms with Crippen molar-refractivity contribution in [1.29, 1.82) is 0 Å². The van der Waals surface area contributed by atoms with E-state index in [2.05, 4.69) is 125 Å². The van der Waals surface area contributed by atoms with Crippen molar-refractivity contribution in [3.63, 3.8) is 0 Å². The lowest BCUT2D eigenvalue weighted by molar-refractivity contribution is 0.420. The summed E-state index contributed by atoms with van der Waals surface area (Å²) in [6, 6.07) is 50.3. The number of rotatable bonds is 5. The van der Waals surface area contributed by atoms with Gasteiger partial charge in [0.15, 0.2) is 0 Å². The van der Waals surface area contributed by atoms with Gasteiger partial charge in [0, 0.05) is 16.2 Å². The molecule has 270 valence electrons. The average molecular weight is 691 g/mol. The highest BCUT2D eigenvalue weighted by molar-refractivity contribution is 6.24. The molecule has 0 radical (unpaired) electrons. The first-order valence-corrected chi connectivity index (χ1v) is 18.5. The number of ether oxygens (including phenoxy) is 1. The summed E-state index contributed by atoms with van der Waals surface area (Å²) in [7, 11) is 1.73. The van der Waals surface area contributed by atoms with Crippen LogP contribution in [-0.4, -0.2) is 12.2 Å². The van der Waals surface area contributed by atoms with Gasteiger partial charge in [-0.25, -0.2) is 0 Å². The van der Waals surface area contributed by atoms with E-state index in [-0.39, 0.29) is 7.43 Å². The Hall–Kier alpha value is -5.34. The SMILES string of the molecule is C.CC.CCc1ccc(CC)cc1.CCc1ccc(CC)cc1.COc1ccc2ccc3cccc4ccc1c2c34.Oc1cccc2ccccc12. The zero-order chi connectivity index (χ0) is 36.6. The van der Waals surface area contributed by atoms with Gasteiger partial charge in [-0.3, -0.25) is 0 Å². The minimum absolute atomic E-state index is 0. The van der Waals surface area contributed by atoms with Crippen molar-refractivity contribution in [1.82, 2.24) is 0 Å². The van der Waals surface area contributed by atoms with Gasteiger partial charge in [-0.05, 0) is 93.1 Å². The summed E-state index contributed by atoms with van der Waals surface area (Å²) in [5, 5.41) is 19.1. The fraction of sp³-hybridized carbons (Fsp3) is 0.240. The molecule has 2 heteroatoms. The van der Waals surface area contributed by atoms with Crippen molar-refractivity contribution in [2.45, 2.75) is 74.7 Å². The van der Waals surface area contributed by atoms with E-state index in [1.54, 1.807) is 13.2 Å². The molecule has 0 aliphatic carbocycles. The largest absolute Gasteiger partial charge is 0.507 e. The second-order valence-electron chi connectivity index (χ2n) is 12.2. The topological polar surface area (TPSA) is 29.5 Å². The molecule has 0 fully saturated rings. The van der Waals surface area contributed by atoms with Crippen LogP contribution in [0.25, 0.3) is 43.1 Å². The third-order valence-electron chi connectivity index (χ3n) is 9.15. The molecular formula is C50H58O2. The van der Waals surface area contributed by atoms with Gasteiger partial charge in [0.25, 0.3) is 0 Å². The number of hydrogen-bond donors (Lipinski definition) is 1. The van der Waals surface area contributed by atoms with Crippen molar-refractivity contribution in [2.75, 3.05) is 7.11 Å². The molecule has 1 N–H and O–H groups in total. The molecule has 2 nitrogen and oxygen atoms in total. The van der Waals surface area contributed by atoms with Gasteiger partial charge in [-0.2, -0.15) is 0 Å². The Labute approximate surface area is 313 Å². The Bertz CT molecular complexity index is 2080. The zero-order valence-corrected chi connectivity index (χ0v) is 31.5. The normalized spacial score (nSPS) is 10.1. The first-order valence-electron chi connectivity index (χ1n) is 18.5. The number of phenols is 1. The second kappa shape index (κ2) is 21.1. The average Bonchev–Trinajstić information content (AvgIpc) is 3.21. The second-order valence-corrected chi connectivity index (χ2v) is 12.2. The van der Waals surface area contributed by atoms with Crippen molar-refractivity contribution < 1.29 is 9.84 Å². The standard InChI is InChI=1S/C17H12O.C10H8O.2C10H14.C2H6.CH4/c1-18-15-10-8-13-6-5-11-3-2-4-12-7-9-14(15)17(13)16(11)12;11-10-7-3-5-8-4-1-2-6-9(8)10;2*1-3-9-5-7-10(4-2)8-6-9;1-2;/h2-10H,1H3;1-7,11H;2*5-8H,3-4H2,1-2H3;1-2H3;1H4. The van der Waals surface area contributed by atoms with Crippen LogP contribution in [0.5, 0.6) is 11.5 Å². The van der Waals surface area contributed by atoms with Gasteiger partial charge < -0.3 is 9.84 Å². The molecule has 8 aromatic rings. The quantitative estimate of drug-likeness (QED) is 0.182. The third-order valence-corrected chi connectivity index (χ3v) is 9.15. The summed E-state index contributed by atoms with van der Waals surface area (Å²) in [4.78, 5) is 0. The molecule has 0 spiro atoms. The number of methoxy groups -OCH3 is 1. The minimum Gasteiger partial charge on any atom is -0.507 e. The summed E-state index contributed by atoms with van der Waals surface area (Å²) in [6.45, 7) is 12.7. The molecule has 8 rings (SSSR count). The van der Waals surface area contributed by atoms with Crippen LogP contribution >= 0.6 is 0 Å². The van der Waals surface area contributed by atoms with Crippen molar-refractivity contribution >= 4 is 43.1 Å². The number of aryl methyl sites for hydroxylation is 4. The smallest absolute Gasteiger partial charge is 0.126 e. The van der Waals surface area contributed by atoms with Crippen LogP contribution in [0.3, 0.4) is 0 Å². The van der Waals surface area contributed by atoms with Crippen LogP contribution in [0.2, 0.25) is 0 Å². The maximum absolute atomic E-state index is 9.37. The maximum atomic E-state index is 9.37. The summed E-state index contributed by atoms with van der Waals surface area (Å²) >= 11 is 0. The van der Waals surface area contributed by atoms with Crippen LogP contribution in [0.15, 0.2) is 146 Å². The molecule has 0 atom stereocenters. The van der Waals surface area contributed by atoms with Crippen LogP contribution in [0.1, 0.15) is 71.2 Å². The molecule has 0 aliphatic rings. The van der Waals surface area contributed by atoms with E-state index in [0.29, 0.717) is 5.75 Å². The van der Waals surface area contributed by atoms with E-state index >= 15 is 0 Å². The van der Waals surface area contributed by atoms with Gasteiger partial charge in [-0.1, -0.05) is 176 Å². The lowest BCUT2D eigenvalue weighted by Crippen LogP contribution is -1.88. The minimum atomic E-state index is 0. The number of fused-ring (bicyclic) bond motifs is 1. The molecule has 0 aliphatic heterocycles. The summed E-state index contributed by atoms with van der Waals surface area (Å²) in [5.41, 5.74) is 5.71. The predicted molar refractivity (Wildman–Crippen MR) is 231 cm³/mol. The van der Waals surface area contributed by atoms with Crippen molar-refractivity contribution in [3.05, 3.63) is 168 Å². The van der Waals surface area contributed by atoms with Gasteiger partial charge in [0.1, 0.15) is 11.5 Å². The van der Waals surface area contributed by atoms with Gasteiger partial charge in [0.05, 0.1) is 7.11 Å². The summed E-state index contributed by atoms with van der Waals surface area (Å²) in [6.07, 6.45) is 4.57. The molecule has 8 aromatic carbocycles. The first kappa shape index (κ1) is 41.1. The molecular weight excluding hydrogens is 633 g/mol. The molecule has 0 heterocycles. The maximum Gasteiger partial charge on any atom is 0.126 e. The third kappa shape index (κ3) is 10.4. The Balaban J connectivity index is 0.000000190. The summed E-state index contributed by atoms with van der Waals surface area (Å²) < 4.78 is 5.47. The van der Waals surface area contributed by atoms with Crippen LogP contribution in [-0.2, 0) is 25.7 Å². The van der Waals surface area contributed by atoms with Gasteiger partial charge in [0.2, 0.25) is 0 Å². The monoisotopic (exact) mass is 690 g/mol. The number of phenolic OH excluding ortho intramolecular Hbond substituents is 1. The molecule has 0 saturated carbocycles. The van der Waals surface area contributed by atoms with Crippen LogP contribution < -0.4 is 4.74 Å². The highest BCUT2D eigenvalue weighted by atomic mass is 16.5. The molecule has 0 aromatic heterocycles. The first-order chi connectivity index (χ1) is 25.0. The molecule has 0 bridgehead atoms. The van der Waals surface area contributed by atoms with Crippen LogP contribution in [0.4, 0.5) is 0 Å². The van der Waals surface area contributed by atoms with Crippen molar-refractivity contribution in [2.24, 2.45) is 0 Å². The van der Waals surface area contributed by atoms with Crippen LogP contribution in [0, 0.1) is 0 Å². The molecule has 52 heavy (non-hydrogen) atoms. The Morgan fingerprint density at radius 2 is 0.788 bits per heavy atom. The van der Waals surface area contributed by atoms with E-state index < -0.39 is 0 Å². The van der Waals surface area contributed by atoms with E-state index in [0.717, 1.165) is 42.2 Å². The molecule has 0 saturated heterocycles. The zero-order valence-electron chi connectivity index (χ0n) is 31.5. The predicted octanol–water partition coefficient (Wildman–Crippen LogP) is 14.4. The van der Waals surface area contributed by atoms with E-state index in [1.165, 1.54) is 54.6 Å². The Morgan fingerprint density at radius 1 is 0.404 bits per heavy atom. The summed E-state index contributed by atoms with van der Waals surface area (Å²) in [5.74, 6) is 1.30. The Morgan fingerprint density at radius 3 is 1.25 bits per heavy atom. The number of aromatic hydroxyl groups is 1. The van der Waals surface area contributed by atoms with E-state index in [4.69, 9.17) is 4.74 Å². The molecule has 0 amide bonds. The fourth-order valence-electron chi connectivity index (χ4n) is 6.12. The lowest BCUT2D eigenvalue weighted by Gasteiger charge is -2.12. The lowest BCUT2D eigenvalue weighted by atomic mass is 9.94. The number of benzene rings is 8. The molecule has 0 unspecified atom stereocenters. The van der Waals surface area contributed by atoms with E-state index in [9.17, 15) is 5.11 Å². The van der Waals surface area contributed by atoms with Crippen molar-refractivity contribution in [3.8, 4) is 11.5 Å². The highest BCUT2D eigenvalue weighted by Gasteiger charge is 2.10. The fourth-order valence-corrected chi connectivity index (χ4v) is 6.12. The highest BCUT2D eigenvalue weighted by Crippen LogP contribution is 2.38. The number of hydrogen-bond acceptors (Lipinski definition) is 2. The Kier molecular flexibility index (Phi) is 16.7. The van der Waals surface area contributed by atoms with Gasteiger partial charge >= 0.3 is 0 Å². The van der Waals surface area contributed by atoms with E-state index in [1.807, 2.05) is 56.3 Å². The van der Waals surface area contributed by atoms with Gasteiger partial charge in [-0.15, -0.1) is 0 Å².